The number of amides is 1. The summed E-state index contributed by atoms with van der Waals surface area (Å²) in [4.78, 5) is 17.3. The van der Waals surface area contributed by atoms with Gasteiger partial charge in [-0.15, -0.1) is 11.3 Å². The molecule has 1 saturated heterocycles. The third kappa shape index (κ3) is 3.23. The van der Waals surface area contributed by atoms with Gasteiger partial charge in [0.15, 0.2) is 0 Å². The molecule has 1 unspecified atom stereocenters. The molecule has 1 atom stereocenters. The molecular weight excluding hydrogens is 292 g/mol. The smallest absolute Gasteiger partial charge is 0.263 e. The molecule has 122 valence electrons. The van der Waals surface area contributed by atoms with Crippen molar-refractivity contribution in [1.82, 2.24) is 4.90 Å². The molecule has 0 aromatic carbocycles. The maximum Gasteiger partial charge on any atom is 0.263 e. The van der Waals surface area contributed by atoms with E-state index in [1.54, 1.807) is 11.3 Å². The fourth-order valence-electron chi connectivity index (χ4n) is 3.65. The Morgan fingerprint density at radius 2 is 2.00 bits per heavy atom. The van der Waals surface area contributed by atoms with Crippen LogP contribution >= 0.6 is 11.3 Å². The molecule has 1 aromatic rings. The number of rotatable bonds is 1. The van der Waals surface area contributed by atoms with E-state index in [2.05, 4.69) is 19.9 Å². The van der Waals surface area contributed by atoms with Crippen molar-refractivity contribution in [2.45, 2.75) is 64.8 Å². The van der Waals surface area contributed by atoms with Gasteiger partial charge in [-0.3, -0.25) is 4.79 Å². The lowest BCUT2D eigenvalue weighted by Gasteiger charge is -2.42. The van der Waals surface area contributed by atoms with Crippen molar-refractivity contribution in [1.29, 1.82) is 0 Å². The van der Waals surface area contributed by atoms with E-state index in [1.807, 2.05) is 4.90 Å². The molecule has 0 bridgehead atoms. The van der Waals surface area contributed by atoms with Crippen molar-refractivity contribution in [3.05, 3.63) is 21.4 Å². The van der Waals surface area contributed by atoms with Crippen LogP contribution in [-0.4, -0.2) is 29.9 Å². The summed E-state index contributed by atoms with van der Waals surface area (Å²) in [5.41, 5.74) is 7.64. The van der Waals surface area contributed by atoms with Gasteiger partial charge in [-0.05, 0) is 49.1 Å². The van der Waals surface area contributed by atoms with Crippen molar-refractivity contribution in [2.24, 2.45) is 11.1 Å². The zero-order valence-electron chi connectivity index (χ0n) is 13.9. The number of carbonyl (C=O) groups excluding carboxylic acids is 1. The molecule has 1 amide bonds. The molecule has 1 aromatic heterocycles. The first-order valence-electron chi connectivity index (χ1n) is 8.64. The Hall–Kier alpha value is -0.870. The monoisotopic (exact) mass is 320 g/mol. The molecule has 4 heteroatoms. The Kier molecular flexibility index (Phi) is 4.60. The third-order valence-corrected chi connectivity index (χ3v) is 6.53. The van der Waals surface area contributed by atoms with Crippen molar-refractivity contribution < 1.29 is 4.79 Å². The number of likely N-dealkylation sites (tertiary alicyclic amines) is 1. The molecule has 2 N–H and O–H groups in total. The first-order valence-corrected chi connectivity index (χ1v) is 9.45. The fraction of sp³-hybridized carbons (Fsp3) is 0.722. The Labute approximate surface area is 137 Å². The van der Waals surface area contributed by atoms with Crippen LogP contribution in [0, 0.1) is 5.41 Å². The highest BCUT2D eigenvalue weighted by atomic mass is 32.1. The second-order valence-electron chi connectivity index (χ2n) is 7.58. The van der Waals surface area contributed by atoms with E-state index in [9.17, 15) is 4.79 Å². The molecule has 0 spiro atoms. The zero-order valence-corrected chi connectivity index (χ0v) is 14.7. The second kappa shape index (κ2) is 6.32. The summed E-state index contributed by atoms with van der Waals surface area (Å²) in [6.07, 6.45) is 8.41. The van der Waals surface area contributed by atoms with E-state index in [1.165, 1.54) is 36.1 Å². The molecule has 2 heterocycles. The summed E-state index contributed by atoms with van der Waals surface area (Å²) >= 11 is 1.74. The van der Waals surface area contributed by atoms with Gasteiger partial charge in [0.1, 0.15) is 0 Å². The van der Waals surface area contributed by atoms with Crippen LogP contribution in [-0.2, 0) is 12.8 Å². The second-order valence-corrected chi connectivity index (χ2v) is 8.72. The van der Waals surface area contributed by atoms with E-state index >= 15 is 0 Å². The lowest BCUT2D eigenvalue weighted by molar-refractivity contribution is 0.0537. The number of thiophene rings is 1. The molecule has 2 aliphatic rings. The number of aryl methyl sites for hydroxylation is 2. The van der Waals surface area contributed by atoms with E-state index < -0.39 is 0 Å². The minimum atomic E-state index is 0.0136. The molecule has 3 rings (SSSR count). The third-order valence-electron chi connectivity index (χ3n) is 5.31. The van der Waals surface area contributed by atoms with Crippen LogP contribution in [0.15, 0.2) is 6.07 Å². The Morgan fingerprint density at radius 1 is 1.27 bits per heavy atom. The quantitative estimate of drug-likeness (QED) is 0.859. The van der Waals surface area contributed by atoms with Gasteiger partial charge >= 0.3 is 0 Å². The van der Waals surface area contributed by atoms with Gasteiger partial charge in [-0.25, -0.2) is 0 Å². The molecule has 0 radical (unpaired) electrons. The number of nitrogens with zero attached hydrogens (tertiary/aromatic N) is 1. The lowest BCUT2D eigenvalue weighted by Crippen LogP contribution is -2.53. The minimum Gasteiger partial charge on any atom is -0.337 e. The summed E-state index contributed by atoms with van der Waals surface area (Å²) in [7, 11) is 0. The van der Waals surface area contributed by atoms with E-state index in [0.717, 1.165) is 37.2 Å². The molecule has 1 aliphatic heterocycles. The Bertz CT molecular complexity index is 524. The number of nitrogens with two attached hydrogens (primary N) is 1. The number of carbonyl (C=O) groups is 1. The maximum atomic E-state index is 12.9. The highest BCUT2D eigenvalue weighted by Gasteiger charge is 2.36. The van der Waals surface area contributed by atoms with Gasteiger partial charge in [0, 0.05) is 24.0 Å². The van der Waals surface area contributed by atoms with Crippen molar-refractivity contribution >= 4 is 17.2 Å². The van der Waals surface area contributed by atoms with E-state index in [4.69, 9.17) is 5.73 Å². The van der Waals surface area contributed by atoms with E-state index in [0.29, 0.717) is 0 Å². The predicted molar refractivity (Wildman–Crippen MR) is 92.5 cm³/mol. The summed E-state index contributed by atoms with van der Waals surface area (Å²) in [6.45, 7) is 5.91. The molecule has 1 fully saturated rings. The summed E-state index contributed by atoms with van der Waals surface area (Å²) in [5, 5.41) is 0. The molecule has 3 nitrogen and oxygen atoms in total. The number of piperidine rings is 1. The average Bonchev–Trinajstić information content (AvgIpc) is 2.83. The minimum absolute atomic E-state index is 0.0136. The molecule has 0 saturated carbocycles. The summed E-state index contributed by atoms with van der Waals surface area (Å²) in [5.74, 6) is 0.219. The molecular formula is C18H28N2OS. The van der Waals surface area contributed by atoms with Gasteiger partial charge in [0.2, 0.25) is 0 Å². The van der Waals surface area contributed by atoms with E-state index in [-0.39, 0.29) is 17.4 Å². The van der Waals surface area contributed by atoms with Crippen molar-refractivity contribution in [3.63, 3.8) is 0 Å². The van der Waals surface area contributed by atoms with Gasteiger partial charge in [-0.2, -0.15) is 0 Å². The van der Waals surface area contributed by atoms with Crippen LogP contribution < -0.4 is 5.73 Å². The largest absolute Gasteiger partial charge is 0.337 e. The highest BCUT2D eigenvalue weighted by Crippen LogP contribution is 2.32. The SMILES string of the molecule is CC1(C)CN(C(=O)c2cc3c(s2)CCCCCC3)CCC1N. The summed E-state index contributed by atoms with van der Waals surface area (Å²) < 4.78 is 0. The van der Waals surface area contributed by atoms with Gasteiger partial charge < -0.3 is 10.6 Å². The molecule has 1 aliphatic carbocycles. The summed E-state index contributed by atoms with van der Waals surface area (Å²) in [6, 6.07) is 2.37. The highest BCUT2D eigenvalue weighted by molar-refractivity contribution is 7.14. The fourth-order valence-corrected chi connectivity index (χ4v) is 4.87. The van der Waals surface area contributed by atoms with Gasteiger partial charge in [0.25, 0.3) is 5.91 Å². The first kappa shape index (κ1) is 16.0. The van der Waals surface area contributed by atoms with Crippen LogP contribution in [0.5, 0.6) is 0 Å². The number of fused-ring (bicyclic) bond motifs is 1. The number of hydrogen-bond donors (Lipinski definition) is 1. The predicted octanol–water partition coefficient (Wildman–Crippen LogP) is 3.61. The van der Waals surface area contributed by atoms with Crippen molar-refractivity contribution in [3.8, 4) is 0 Å². The van der Waals surface area contributed by atoms with Gasteiger partial charge in [0.05, 0.1) is 4.88 Å². The van der Waals surface area contributed by atoms with Crippen LogP contribution in [0.25, 0.3) is 0 Å². The van der Waals surface area contributed by atoms with Crippen LogP contribution in [0.3, 0.4) is 0 Å². The normalized spacial score (nSPS) is 25.2. The Morgan fingerprint density at radius 3 is 2.73 bits per heavy atom. The zero-order chi connectivity index (χ0) is 15.7. The lowest BCUT2D eigenvalue weighted by atomic mass is 9.79. The van der Waals surface area contributed by atoms with Gasteiger partial charge in [-0.1, -0.05) is 26.7 Å². The van der Waals surface area contributed by atoms with Crippen LogP contribution in [0.2, 0.25) is 0 Å². The average molecular weight is 321 g/mol. The number of hydrogen-bond acceptors (Lipinski definition) is 3. The first-order chi connectivity index (χ1) is 10.5. The standard InChI is InChI=1S/C18H28N2OS/c1-18(2)12-20(10-9-16(18)19)17(21)15-11-13-7-5-3-4-6-8-14(13)22-15/h11,16H,3-10,12,19H2,1-2H3. The van der Waals surface area contributed by atoms with Crippen LogP contribution in [0.1, 0.15) is 66.1 Å². The van der Waals surface area contributed by atoms with Crippen molar-refractivity contribution in [2.75, 3.05) is 13.1 Å². The van der Waals surface area contributed by atoms with Crippen LogP contribution in [0.4, 0.5) is 0 Å². The Balaban J connectivity index is 1.76. The maximum absolute atomic E-state index is 12.9. The molecule has 22 heavy (non-hydrogen) atoms. The topological polar surface area (TPSA) is 46.3 Å².